The number of fused-ring (bicyclic) bond motifs is 7. The maximum absolute atomic E-state index is 2.42. The van der Waals surface area contributed by atoms with Crippen LogP contribution >= 0.6 is 0 Å². The van der Waals surface area contributed by atoms with E-state index < -0.39 is 0 Å². The summed E-state index contributed by atoms with van der Waals surface area (Å²) in [5.41, 5.74) is 7.58. The Morgan fingerprint density at radius 3 is 1.25 bits per heavy atom. The van der Waals surface area contributed by atoms with Gasteiger partial charge in [0.1, 0.15) is 0 Å². The maximum atomic E-state index is 2.42. The Kier molecular flexibility index (Phi) is 5.98. The molecule has 0 bridgehead atoms. The Bertz CT molecular complexity index is 2830. The molecule has 0 radical (unpaired) electrons. The number of rotatable bonds is 3. The molecule has 0 atom stereocenters. The molecular weight excluding hydrogens is 577 g/mol. The Hall–Kier alpha value is -6.24. The van der Waals surface area contributed by atoms with Gasteiger partial charge in [-0.05, 0) is 122 Å². The Morgan fingerprint density at radius 2 is 0.625 bits per heavy atom. The fourth-order valence-electron chi connectivity index (χ4n) is 8.02. The summed E-state index contributed by atoms with van der Waals surface area (Å²) in [5.74, 6) is 0. The molecule has 0 nitrogen and oxygen atoms in total. The molecule has 10 aromatic carbocycles. The average molecular weight is 607 g/mol. The van der Waals surface area contributed by atoms with E-state index in [0.717, 1.165) is 0 Å². The van der Waals surface area contributed by atoms with Gasteiger partial charge in [0.25, 0.3) is 0 Å². The van der Waals surface area contributed by atoms with Gasteiger partial charge in [-0.1, -0.05) is 158 Å². The first-order valence-electron chi connectivity index (χ1n) is 16.7. The van der Waals surface area contributed by atoms with Crippen LogP contribution in [0.3, 0.4) is 0 Å². The molecule has 0 fully saturated rings. The highest BCUT2D eigenvalue weighted by atomic mass is 14.2. The molecule has 0 saturated carbocycles. The molecule has 222 valence electrons. The first-order chi connectivity index (χ1) is 23.8. The zero-order chi connectivity index (χ0) is 31.6. The van der Waals surface area contributed by atoms with E-state index in [2.05, 4.69) is 182 Å². The molecule has 0 aliphatic heterocycles. The quantitative estimate of drug-likeness (QED) is 0.139. The van der Waals surface area contributed by atoms with Crippen LogP contribution in [-0.2, 0) is 0 Å². The predicted molar refractivity (Wildman–Crippen MR) is 208 cm³/mol. The maximum Gasteiger partial charge on any atom is -0.00199 e. The van der Waals surface area contributed by atoms with Gasteiger partial charge >= 0.3 is 0 Å². The molecule has 48 heavy (non-hydrogen) atoms. The third-order valence-electron chi connectivity index (χ3n) is 10.2. The largest absolute Gasteiger partial charge is 0.0616 e. The van der Waals surface area contributed by atoms with Crippen molar-refractivity contribution in [3.8, 4) is 33.4 Å². The van der Waals surface area contributed by atoms with Crippen LogP contribution < -0.4 is 0 Å². The van der Waals surface area contributed by atoms with Gasteiger partial charge < -0.3 is 0 Å². The molecule has 0 N–H and O–H groups in total. The van der Waals surface area contributed by atoms with Gasteiger partial charge in [-0.15, -0.1) is 0 Å². The monoisotopic (exact) mass is 606 g/mol. The second kappa shape index (κ2) is 10.7. The van der Waals surface area contributed by atoms with Crippen molar-refractivity contribution in [2.24, 2.45) is 0 Å². The van der Waals surface area contributed by atoms with Gasteiger partial charge in [-0.3, -0.25) is 0 Å². The van der Waals surface area contributed by atoms with Crippen molar-refractivity contribution < 1.29 is 0 Å². The van der Waals surface area contributed by atoms with Crippen molar-refractivity contribution in [1.29, 1.82) is 0 Å². The minimum atomic E-state index is 1.23. The highest BCUT2D eigenvalue weighted by Gasteiger charge is 2.20. The lowest BCUT2D eigenvalue weighted by atomic mass is 9.82. The van der Waals surface area contributed by atoms with Crippen LogP contribution in [-0.4, -0.2) is 0 Å². The molecule has 0 unspecified atom stereocenters. The van der Waals surface area contributed by atoms with Crippen LogP contribution in [0.25, 0.3) is 98.0 Å². The second-order valence-electron chi connectivity index (χ2n) is 12.8. The first kappa shape index (κ1) is 26.9. The Labute approximate surface area is 279 Å². The molecule has 0 aliphatic rings. The molecular formula is C48H30. The van der Waals surface area contributed by atoms with Gasteiger partial charge in [0.2, 0.25) is 0 Å². The summed E-state index contributed by atoms with van der Waals surface area (Å²) >= 11 is 0. The predicted octanol–water partition coefficient (Wildman–Crippen LogP) is 13.6. The smallest absolute Gasteiger partial charge is 0.00199 e. The van der Waals surface area contributed by atoms with Crippen molar-refractivity contribution in [3.05, 3.63) is 182 Å². The number of hydrogen-bond acceptors (Lipinski definition) is 0. The molecule has 0 aliphatic carbocycles. The van der Waals surface area contributed by atoms with Gasteiger partial charge in [-0.25, -0.2) is 0 Å². The van der Waals surface area contributed by atoms with Gasteiger partial charge in [0.15, 0.2) is 0 Å². The van der Waals surface area contributed by atoms with Crippen LogP contribution in [0.4, 0.5) is 0 Å². The van der Waals surface area contributed by atoms with E-state index in [1.807, 2.05) is 0 Å². The van der Waals surface area contributed by atoms with E-state index in [0.29, 0.717) is 0 Å². The van der Waals surface area contributed by atoms with Crippen molar-refractivity contribution in [2.45, 2.75) is 0 Å². The summed E-state index contributed by atoms with van der Waals surface area (Å²) < 4.78 is 0. The third-order valence-corrected chi connectivity index (χ3v) is 10.2. The lowest BCUT2D eigenvalue weighted by Crippen LogP contribution is -1.93. The molecule has 0 heterocycles. The summed E-state index contributed by atoms with van der Waals surface area (Å²) in [5, 5.41) is 15.2. The standard InChI is InChI=1S/C48H30/c1-2-14-32-27-33(26-25-31(32)13-1)36-28-34-15-3-6-18-38(34)45(30-36)47-41-21-9-11-23-43(41)48(44-24-12-10-22-42(44)47)46-29-35-16-4-5-17-37(35)39-19-7-8-20-40(39)46/h1-30H. The SMILES string of the molecule is c1ccc2cc(-c3cc(-c4c5ccccc5c(-c5cc6ccccc6c6ccccc56)c5ccccc45)c4ccccc4c3)ccc2c1. The third kappa shape index (κ3) is 4.10. The van der Waals surface area contributed by atoms with Crippen LogP contribution in [0.1, 0.15) is 0 Å². The van der Waals surface area contributed by atoms with Gasteiger partial charge in [-0.2, -0.15) is 0 Å². The molecule has 0 heteroatoms. The van der Waals surface area contributed by atoms with Crippen LogP contribution in [0.2, 0.25) is 0 Å². The summed E-state index contributed by atoms with van der Waals surface area (Å²) in [6.07, 6.45) is 0. The second-order valence-corrected chi connectivity index (χ2v) is 12.8. The van der Waals surface area contributed by atoms with E-state index in [9.17, 15) is 0 Å². The first-order valence-corrected chi connectivity index (χ1v) is 16.7. The lowest BCUT2D eigenvalue weighted by molar-refractivity contribution is 1.66. The van der Waals surface area contributed by atoms with Crippen LogP contribution in [0.15, 0.2) is 182 Å². The molecule has 0 saturated heterocycles. The summed E-state index contributed by atoms with van der Waals surface area (Å²) in [7, 11) is 0. The van der Waals surface area contributed by atoms with Crippen molar-refractivity contribution in [3.63, 3.8) is 0 Å². The minimum absolute atomic E-state index is 1.23. The Balaban J connectivity index is 1.33. The molecule has 0 spiro atoms. The fraction of sp³-hybridized carbons (Fsp3) is 0. The Morgan fingerprint density at radius 1 is 0.208 bits per heavy atom. The van der Waals surface area contributed by atoms with Crippen molar-refractivity contribution in [1.82, 2.24) is 0 Å². The lowest BCUT2D eigenvalue weighted by Gasteiger charge is -2.21. The molecule has 0 aromatic heterocycles. The normalized spacial score (nSPS) is 11.8. The zero-order valence-electron chi connectivity index (χ0n) is 26.3. The molecule has 10 aromatic rings. The average Bonchev–Trinajstić information content (AvgIpc) is 3.16. The minimum Gasteiger partial charge on any atom is -0.0616 e. The van der Waals surface area contributed by atoms with Crippen LogP contribution in [0.5, 0.6) is 0 Å². The van der Waals surface area contributed by atoms with E-state index in [1.54, 1.807) is 0 Å². The number of hydrogen-bond donors (Lipinski definition) is 0. The van der Waals surface area contributed by atoms with Crippen molar-refractivity contribution >= 4 is 64.6 Å². The fourth-order valence-corrected chi connectivity index (χ4v) is 8.02. The zero-order valence-corrected chi connectivity index (χ0v) is 26.3. The highest BCUT2D eigenvalue weighted by Crippen LogP contribution is 2.48. The topological polar surface area (TPSA) is 0 Å². The number of benzene rings is 10. The van der Waals surface area contributed by atoms with E-state index >= 15 is 0 Å². The molecule has 10 rings (SSSR count). The van der Waals surface area contributed by atoms with Crippen LogP contribution in [0, 0.1) is 0 Å². The highest BCUT2D eigenvalue weighted by molar-refractivity contribution is 6.27. The molecule has 0 amide bonds. The summed E-state index contributed by atoms with van der Waals surface area (Å²) in [4.78, 5) is 0. The van der Waals surface area contributed by atoms with E-state index in [-0.39, 0.29) is 0 Å². The van der Waals surface area contributed by atoms with Gasteiger partial charge in [0.05, 0.1) is 0 Å². The van der Waals surface area contributed by atoms with E-state index in [4.69, 9.17) is 0 Å². The summed E-state index contributed by atoms with van der Waals surface area (Å²) in [6, 6.07) is 67.2. The van der Waals surface area contributed by atoms with E-state index in [1.165, 1.54) is 98.0 Å². The van der Waals surface area contributed by atoms with Crippen molar-refractivity contribution in [2.75, 3.05) is 0 Å². The summed E-state index contributed by atoms with van der Waals surface area (Å²) in [6.45, 7) is 0. The van der Waals surface area contributed by atoms with Gasteiger partial charge in [0, 0.05) is 0 Å².